The molecule has 3 heteroatoms. The molecule has 0 amide bonds. The van der Waals surface area contributed by atoms with Crippen LogP contribution in [0.15, 0.2) is 0 Å². The zero-order valence-corrected chi connectivity index (χ0v) is 6.53. The fourth-order valence-electron chi connectivity index (χ4n) is 0.690. The highest BCUT2D eigenvalue weighted by Crippen LogP contribution is 1.73. The highest BCUT2D eigenvalue weighted by molar-refractivity contribution is 4.50. The second-order valence-corrected chi connectivity index (χ2v) is 2.25. The Bertz CT molecular complexity index is 48.8. The van der Waals surface area contributed by atoms with Crippen molar-refractivity contribution in [1.29, 1.82) is 0 Å². The van der Waals surface area contributed by atoms with Crippen molar-refractivity contribution in [2.75, 3.05) is 26.2 Å². The minimum atomic E-state index is 0.778. The van der Waals surface area contributed by atoms with E-state index in [1.54, 1.807) is 0 Å². The third-order valence-electron chi connectivity index (χ3n) is 1.26. The summed E-state index contributed by atoms with van der Waals surface area (Å²) >= 11 is 0. The van der Waals surface area contributed by atoms with Crippen LogP contribution < -0.4 is 16.4 Å². The van der Waals surface area contributed by atoms with E-state index in [4.69, 9.17) is 5.73 Å². The fraction of sp³-hybridized carbons (Fsp3) is 0.857. The Balaban J connectivity index is 2.65. The smallest absolute Gasteiger partial charge is 0.00767 e. The first-order chi connectivity index (χ1) is 4.91. The largest absolute Gasteiger partial charge is 0.330 e. The van der Waals surface area contributed by atoms with Gasteiger partial charge < -0.3 is 16.4 Å². The van der Waals surface area contributed by atoms with Gasteiger partial charge in [-0.3, -0.25) is 0 Å². The van der Waals surface area contributed by atoms with Crippen molar-refractivity contribution >= 4 is 0 Å². The molecule has 0 saturated carbocycles. The van der Waals surface area contributed by atoms with Gasteiger partial charge >= 0.3 is 0 Å². The van der Waals surface area contributed by atoms with Crippen LogP contribution in [0.1, 0.15) is 12.8 Å². The molecule has 0 spiro atoms. The lowest BCUT2D eigenvalue weighted by Gasteiger charge is -2.01. The quantitative estimate of drug-likeness (QED) is 0.430. The maximum atomic E-state index is 5.31. The molecule has 3 nitrogen and oxygen atoms in total. The number of nitrogens with two attached hydrogens (primary N) is 1. The van der Waals surface area contributed by atoms with Gasteiger partial charge in [0.25, 0.3) is 0 Å². The Morgan fingerprint density at radius 3 is 2.40 bits per heavy atom. The van der Waals surface area contributed by atoms with Crippen LogP contribution >= 0.6 is 0 Å². The molecule has 0 bridgehead atoms. The Morgan fingerprint density at radius 1 is 1.10 bits per heavy atom. The van der Waals surface area contributed by atoms with Gasteiger partial charge in [0.1, 0.15) is 0 Å². The average Bonchev–Trinajstić information content (AvgIpc) is 1.97. The van der Waals surface area contributed by atoms with E-state index in [1.807, 2.05) is 0 Å². The highest BCUT2D eigenvalue weighted by atomic mass is 14.9. The Morgan fingerprint density at radius 2 is 1.80 bits per heavy atom. The van der Waals surface area contributed by atoms with Gasteiger partial charge in [0.2, 0.25) is 0 Å². The predicted octanol–water partition coefficient (Wildman–Crippen LogP) is -0.304. The van der Waals surface area contributed by atoms with E-state index in [0.29, 0.717) is 0 Å². The van der Waals surface area contributed by atoms with Crippen LogP contribution in [0.2, 0.25) is 0 Å². The minimum absolute atomic E-state index is 0.778. The summed E-state index contributed by atoms with van der Waals surface area (Å²) in [6, 6.07) is 0. The van der Waals surface area contributed by atoms with Crippen LogP contribution in [0.25, 0.3) is 0 Å². The first-order valence-corrected chi connectivity index (χ1v) is 3.82. The predicted molar refractivity (Wildman–Crippen MR) is 44.5 cm³/mol. The fourth-order valence-corrected chi connectivity index (χ4v) is 0.690. The molecule has 0 unspecified atom stereocenters. The van der Waals surface area contributed by atoms with Crippen LogP contribution in [0, 0.1) is 7.05 Å². The molecule has 10 heavy (non-hydrogen) atoms. The van der Waals surface area contributed by atoms with Gasteiger partial charge in [-0.25, -0.2) is 0 Å². The van der Waals surface area contributed by atoms with E-state index >= 15 is 0 Å². The number of rotatable bonds is 7. The van der Waals surface area contributed by atoms with Crippen molar-refractivity contribution in [3.63, 3.8) is 0 Å². The van der Waals surface area contributed by atoms with Crippen molar-refractivity contribution in [2.45, 2.75) is 12.8 Å². The van der Waals surface area contributed by atoms with Crippen molar-refractivity contribution in [3.8, 4) is 0 Å². The molecule has 0 aliphatic heterocycles. The van der Waals surface area contributed by atoms with Crippen molar-refractivity contribution in [2.24, 2.45) is 5.73 Å². The van der Waals surface area contributed by atoms with Gasteiger partial charge in [0.05, 0.1) is 0 Å². The van der Waals surface area contributed by atoms with E-state index in [1.165, 1.54) is 0 Å². The molecule has 0 saturated heterocycles. The summed E-state index contributed by atoms with van der Waals surface area (Å²) in [5.41, 5.74) is 5.31. The zero-order valence-electron chi connectivity index (χ0n) is 6.53. The number of hydrogen-bond donors (Lipinski definition) is 3. The minimum Gasteiger partial charge on any atom is -0.330 e. The first-order valence-electron chi connectivity index (χ1n) is 3.82. The molecule has 0 aromatic rings. The van der Waals surface area contributed by atoms with Crippen LogP contribution in [0.3, 0.4) is 0 Å². The molecule has 0 atom stereocenters. The summed E-state index contributed by atoms with van der Waals surface area (Å²) < 4.78 is 0. The summed E-state index contributed by atoms with van der Waals surface area (Å²) in [7, 11) is 3.52. The SMILES string of the molecule is [CH2]NCCCNCCCN. The third-order valence-corrected chi connectivity index (χ3v) is 1.26. The second kappa shape index (κ2) is 8.88. The van der Waals surface area contributed by atoms with E-state index in [9.17, 15) is 0 Å². The van der Waals surface area contributed by atoms with E-state index in [-0.39, 0.29) is 0 Å². The van der Waals surface area contributed by atoms with Gasteiger partial charge in [-0.2, -0.15) is 0 Å². The summed E-state index contributed by atoms with van der Waals surface area (Å²) in [6.45, 7) is 3.85. The van der Waals surface area contributed by atoms with Crippen molar-refractivity contribution in [1.82, 2.24) is 10.6 Å². The lowest BCUT2D eigenvalue weighted by molar-refractivity contribution is 0.615. The molecule has 0 fully saturated rings. The first kappa shape index (κ1) is 9.88. The third kappa shape index (κ3) is 7.88. The maximum absolute atomic E-state index is 5.31. The molecule has 61 valence electrons. The molecule has 0 heterocycles. The van der Waals surface area contributed by atoms with Gasteiger partial charge in [0, 0.05) is 7.05 Å². The van der Waals surface area contributed by atoms with E-state index in [0.717, 1.165) is 39.0 Å². The average molecular weight is 144 g/mol. The normalized spacial score (nSPS) is 10.2. The standard InChI is InChI=1S/C7H18N3/c1-9-5-3-7-10-6-2-4-8/h9-10H,1-8H2. The lowest BCUT2D eigenvalue weighted by Crippen LogP contribution is -2.21. The van der Waals surface area contributed by atoms with Crippen LogP contribution in [-0.2, 0) is 0 Å². The second-order valence-electron chi connectivity index (χ2n) is 2.25. The van der Waals surface area contributed by atoms with Crippen LogP contribution in [0.4, 0.5) is 0 Å². The molecule has 0 rings (SSSR count). The van der Waals surface area contributed by atoms with Gasteiger partial charge in [-0.1, -0.05) is 0 Å². The summed E-state index contributed by atoms with van der Waals surface area (Å²) in [4.78, 5) is 0. The van der Waals surface area contributed by atoms with E-state index in [2.05, 4.69) is 17.7 Å². The topological polar surface area (TPSA) is 50.1 Å². The van der Waals surface area contributed by atoms with Crippen molar-refractivity contribution < 1.29 is 0 Å². The molecule has 0 aliphatic carbocycles. The van der Waals surface area contributed by atoms with Gasteiger partial charge in [-0.15, -0.1) is 0 Å². The van der Waals surface area contributed by atoms with Crippen molar-refractivity contribution in [3.05, 3.63) is 7.05 Å². The molecular formula is C7H18N3. The Kier molecular flexibility index (Phi) is 8.77. The number of hydrogen-bond acceptors (Lipinski definition) is 3. The van der Waals surface area contributed by atoms with Crippen LogP contribution in [-0.4, -0.2) is 26.2 Å². The van der Waals surface area contributed by atoms with E-state index < -0.39 is 0 Å². The summed E-state index contributed by atoms with van der Waals surface area (Å²) in [5, 5.41) is 6.12. The summed E-state index contributed by atoms with van der Waals surface area (Å²) in [6.07, 6.45) is 2.20. The molecular weight excluding hydrogens is 126 g/mol. The molecule has 1 radical (unpaired) electrons. The molecule has 0 aromatic carbocycles. The highest BCUT2D eigenvalue weighted by Gasteiger charge is 1.85. The molecule has 0 aliphatic rings. The molecule has 0 aromatic heterocycles. The Labute approximate surface area is 63.4 Å². The Hall–Kier alpha value is -0.120. The van der Waals surface area contributed by atoms with Gasteiger partial charge in [-0.05, 0) is 39.0 Å². The number of nitrogens with one attached hydrogen (secondary N) is 2. The lowest BCUT2D eigenvalue weighted by atomic mass is 10.4. The monoisotopic (exact) mass is 144 g/mol. The van der Waals surface area contributed by atoms with Gasteiger partial charge in [0.15, 0.2) is 0 Å². The van der Waals surface area contributed by atoms with Crippen LogP contribution in [0.5, 0.6) is 0 Å². The summed E-state index contributed by atoms with van der Waals surface area (Å²) in [5.74, 6) is 0. The maximum Gasteiger partial charge on any atom is 0.00767 e. The zero-order chi connectivity index (χ0) is 7.66. The molecule has 4 N–H and O–H groups in total.